The molecule has 7 nitrogen and oxygen atoms in total. The molecular weight excluding hydrogens is 396 g/mol. The molecule has 0 aliphatic carbocycles. The first-order valence-electron chi connectivity index (χ1n) is 8.44. The van der Waals surface area contributed by atoms with Gasteiger partial charge in [-0.05, 0) is 25.1 Å². The zero-order valence-corrected chi connectivity index (χ0v) is 16.6. The van der Waals surface area contributed by atoms with Crippen molar-refractivity contribution in [3.8, 4) is 6.07 Å². The van der Waals surface area contributed by atoms with Crippen LogP contribution in [0.1, 0.15) is 13.3 Å². The van der Waals surface area contributed by atoms with Gasteiger partial charge in [0.25, 0.3) is 5.69 Å². The van der Waals surface area contributed by atoms with Crippen LogP contribution in [0.2, 0.25) is 0 Å². The lowest BCUT2D eigenvalue weighted by Gasteiger charge is -2.24. The molecule has 1 aromatic heterocycles. The van der Waals surface area contributed by atoms with Crippen molar-refractivity contribution in [1.29, 1.82) is 5.26 Å². The Balaban J connectivity index is 1.79. The molecule has 0 radical (unpaired) electrons. The van der Waals surface area contributed by atoms with E-state index in [4.69, 9.17) is 5.26 Å². The first-order chi connectivity index (χ1) is 13.5. The van der Waals surface area contributed by atoms with Crippen molar-refractivity contribution in [1.82, 2.24) is 4.98 Å². The highest BCUT2D eigenvalue weighted by Crippen LogP contribution is 2.34. The van der Waals surface area contributed by atoms with Gasteiger partial charge in [-0.15, -0.1) is 11.3 Å². The molecule has 3 aromatic rings. The average molecular weight is 412 g/mol. The smallest absolute Gasteiger partial charge is 0.270 e. The maximum absolute atomic E-state index is 13.0. The van der Waals surface area contributed by atoms with E-state index in [0.717, 1.165) is 5.69 Å². The van der Waals surface area contributed by atoms with E-state index in [9.17, 15) is 14.9 Å². The van der Waals surface area contributed by atoms with Gasteiger partial charge in [-0.1, -0.05) is 30.0 Å². The van der Waals surface area contributed by atoms with Crippen LogP contribution in [0.15, 0.2) is 52.9 Å². The molecule has 0 N–H and O–H groups in total. The molecule has 0 saturated carbocycles. The first-order valence-corrected chi connectivity index (χ1v) is 10.1. The Labute approximate surface area is 169 Å². The molecule has 3 rings (SSSR count). The number of anilines is 1. The van der Waals surface area contributed by atoms with Gasteiger partial charge in [0, 0.05) is 24.4 Å². The quantitative estimate of drug-likeness (QED) is 0.319. The van der Waals surface area contributed by atoms with Crippen LogP contribution in [0, 0.1) is 21.4 Å². The molecule has 0 fully saturated rings. The van der Waals surface area contributed by atoms with E-state index >= 15 is 0 Å². The Hall–Kier alpha value is -2.96. The summed E-state index contributed by atoms with van der Waals surface area (Å²) < 4.78 is 1.38. The van der Waals surface area contributed by atoms with E-state index in [1.54, 1.807) is 17.9 Å². The zero-order valence-electron chi connectivity index (χ0n) is 14.9. The number of non-ortho nitro benzene ring substituents is 1. The SMILES string of the molecule is C[C@@H](Sc1nc2ccc([N+](=O)[O-])cc2s1)C(=O)N(CCC#N)c1ccccc1. The lowest BCUT2D eigenvalue weighted by Crippen LogP contribution is -2.37. The number of carbonyl (C=O) groups excluding carboxylic acids is 1. The fourth-order valence-corrected chi connectivity index (χ4v) is 4.92. The van der Waals surface area contributed by atoms with Crippen molar-refractivity contribution in [3.63, 3.8) is 0 Å². The van der Waals surface area contributed by atoms with Gasteiger partial charge in [0.2, 0.25) is 5.91 Å². The minimum absolute atomic E-state index is 0.0172. The largest absolute Gasteiger partial charge is 0.310 e. The Morgan fingerprint density at radius 1 is 1.36 bits per heavy atom. The van der Waals surface area contributed by atoms with Crippen LogP contribution in [0.4, 0.5) is 11.4 Å². The van der Waals surface area contributed by atoms with Crippen molar-refractivity contribution >= 4 is 50.6 Å². The topological polar surface area (TPSA) is 100 Å². The summed E-state index contributed by atoms with van der Waals surface area (Å²) in [5.74, 6) is -0.114. The Kier molecular flexibility index (Phi) is 6.23. The summed E-state index contributed by atoms with van der Waals surface area (Å²) in [5, 5.41) is 19.4. The van der Waals surface area contributed by atoms with Gasteiger partial charge >= 0.3 is 0 Å². The van der Waals surface area contributed by atoms with Crippen LogP contribution in [0.3, 0.4) is 0 Å². The van der Waals surface area contributed by atoms with E-state index < -0.39 is 10.2 Å². The number of hydrogen-bond acceptors (Lipinski definition) is 7. The normalized spacial score (nSPS) is 11.7. The second kappa shape index (κ2) is 8.82. The number of para-hydroxylation sites is 1. The fourth-order valence-electron chi connectivity index (χ4n) is 2.61. The Bertz CT molecular complexity index is 1050. The monoisotopic (exact) mass is 412 g/mol. The van der Waals surface area contributed by atoms with E-state index in [1.165, 1.54) is 35.2 Å². The van der Waals surface area contributed by atoms with Gasteiger partial charge in [0.1, 0.15) is 0 Å². The number of aromatic nitrogens is 1. The van der Waals surface area contributed by atoms with E-state index in [1.807, 2.05) is 30.3 Å². The summed E-state index contributed by atoms with van der Waals surface area (Å²) >= 11 is 2.64. The second-order valence-corrected chi connectivity index (χ2v) is 8.50. The van der Waals surface area contributed by atoms with Crippen molar-refractivity contribution in [3.05, 3.63) is 58.6 Å². The highest BCUT2D eigenvalue weighted by atomic mass is 32.2. The minimum Gasteiger partial charge on any atom is -0.310 e. The molecule has 1 atom stereocenters. The predicted molar refractivity (Wildman–Crippen MR) is 111 cm³/mol. The van der Waals surface area contributed by atoms with E-state index in [2.05, 4.69) is 11.1 Å². The van der Waals surface area contributed by atoms with Crippen LogP contribution in [-0.2, 0) is 4.79 Å². The molecule has 0 unspecified atom stereocenters. The van der Waals surface area contributed by atoms with Crippen molar-refractivity contribution in [2.24, 2.45) is 0 Å². The maximum Gasteiger partial charge on any atom is 0.270 e. The molecule has 9 heteroatoms. The van der Waals surface area contributed by atoms with Gasteiger partial charge in [-0.2, -0.15) is 5.26 Å². The van der Waals surface area contributed by atoms with Gasteiger partial charge in [-0.3, -0.25) is 14.9 Å². The van der Waals surface area contributed by atoms with Crippen LogP contribution in [-0.4, -0.2) is 27.6 Å². The summed E-state index contributed by atoms with van der Waals surface area (Å²) in [6.45, 7) is 2.11. The molecule has 28 heavy (non-hydrogen) atoms. The first kappa shape index (κ1) is 19.8. The third-order valence-electron chi connectivity index (χ3n) is 3.97. The highest BCUT2D eigenvalue weighted by molar-refractivity contribution is 8.02. The molecule has 142 valence electrons. The number of carbonyl (C=O) groups is 1. The molecule has 0 saturated heterocycles. The number of rotatable bonds is 7. The molecule has 1 heterocycles. The molecule has 0 spiro atoms. The number of thiazole rings is 1. The van der Waals surface area contributed by atoms with E-state index in [0.29, 0.717) is 21.1 Å². The number of thioether (sulfide) groups is 1. The number of nitro groups is 1. The lowest BCUT2D eigenvalue weighted by molar-refractivity contribution is -0.384. The van der Waals surface area contributed by atoms with Crippen molar-refractivity contribution in [2.45, 2.75) is 22.9 Å². The zero-order chi connectivity index (χ0) is 20.1. The maximum atomic E-state index is 13.0. The van der Waals surface area contributed by atoms with Crippen LogP contribution >= 0.6 is 23.1 Å². The fraction of sp³-hybridized carbons (Fsp3) is 0.211. The van der Waals surface area contributed by atoms with Crippen LogP contribution in [0.25, 0.3) is 10.2 Å². The van der Waals surface area contributed by atoms with Gasteiger partial charge in [0.15, 0.2) is 4.34 Å². The van der Waals surface area contributed by atoms with Crippen molar-refractivity contribution < 1.29 is 9.72 Å². The number of nitro benzene ring substituents is 1. The molecule has 1 amide bonds. The third kappa shape index (κ3) is 4.47. The highest BCUT2D eigenvalue weighted by Gasteiger charge is 2.24. The average Bonchev–Trinajstić information content (AvgIpc) is 3.10. The second-order valence-electron chi connectivity index (χ2n) is 5.88. The predicted octanol–water partition coefficient (Wildman–Crippen LogP) is 4.63. The summed E-state index contributed by atoms with van der Waals surface area (Å²) in [6, 6.07) is 15.8. The summed E-state index contributed by atoms with van der Waals surface area (Å²) in [7, 11) is 0. The number of fused-ring (bicyclic) bond motifs is 1. The standard InChI is InChI=1S/C19H16N4O3S2/c1-13(18(24)22(11-5-10-20)14-6-3-2-4-7-14)27-19-21-16-9-8-15(23(25)26)12-17(16)28-19/h2-4,6-9,12-13H,5,11H2,1H3/t13-/m1/s1. The molecule has 2 aromatic carbocycles. The number of amides is 1. The number of nitrogens with zero attached hydrogens (tertiary/aromatic N) is 4. The third-order valence-corrected chi connectivity index (χ3v) is 6.17. The summed E-state index contributed by atoms with van der Waals surface area (Å²) in [6.07, 6.45) is 0.239. The van der Waals surface area contributed by atoms with Gasteiger partial charge in [0.05, 0.1) is 32.9 Å². The molecule has 0 bridgehead atoms. The number of nitriles is 1. The van der Waals surface area contributed by atoms with Gasteiger partial charge in [-0.25, -0.2) is 4.98 Å². The summed E-state index contributed by atoms with van der Waals surface area (Å²) in [4.78, 5) is 29.6. The summed E-state index contributed by atoms with van der Waals surface area (Å²) in [5.41, 5.74) is 1.43. The van der Waals surface area contributed by atoms with Gasteiger partial charge < -0.3 is 4.90 Å². The number of hydrogen-bond donors (Lipinski definition) is 0. The molecule has 0 aliphatic rings. The van der Waals surface area contributed by atoms with Crippen LogP contribution < -0.4 is 4.90 Å². The minimum atomic E-state index is -0.439. The van der Waals surface area contributed by atoms with Crippen LogP contribution in [0.5, 0.6) is 0 Å². The Morgan fingerprint density at radius 2 is 2.11 bits per heavy atom. The Morgan fingerprint density at radius 3 is 2.79 bits per heavy atom. The van der Waals surface area contributed by atoms with Crippen molar-refractivity contribution in [2.75, 3.05) is 11.4 Å². The van der Waals surface area contributed by atoms with E-state index in [-0.39, 0.29) is 18.0 Å². The lowest BCUT2D eigenvalue weighted by atomic mass is 10.2. The molecule has 0 aliphatic heterocycles. The molecular formula is C19H16N4O3S2. The number of benzene rings is 2.